The largest absolute Gasteiger partial charge is 0.338 e. The highest BCUT2D eigenvalue weighted by atomic mass is 16.2. The second-order valence-electron chi connectivity index (χ2n) is 6.65. The lowest BCUT2D eigenvalue weighted by molar-refractivity contribution is 0.230. The third-order valence-corrected chi connectivity index (χ3v) is 4.72. The SMILES string of the molecule is Cc1cccc(CCNC(=O)NC2CCN(C)C2c2ccccc2)n1. The number of carbonyl (C=O) groups excluding carboxylic acids is 1. The van der Waals surface area contributed by atoms with E-state index in [-0.39, 0.29) is 18.1 Å². The number of likely N-dealkylation sites (tertiary alicyclic amines) is 1. The van der Waals surface area contributed by atoms with Crippen molar-refractivity contribution in [3.05, 3.63) is 65.5 Å². The lowest BCUT2D eigenvalue weighted by atomic mass is 10.0. The molecule has 2 heterocycles. The van der Waals surface area contributed by atoms with Crippen LogP contribution in [0.4, 0.5) is 4.79 Å². The number of hydrogen-bond acceptors (Lipinski definition) is 3. The van der Waals surface area contributed by atoms with Gasteiger partial charge in [0, 0.05) is 30.9 Å². The van der Waals surface area contributed by atoms with Crippen molar-refractivity contribution < 1.29 is 4.79 Å². The van der Waals surface area contributed by atoms with Crippen molar-refractivity contribution in [1.29, 1.82) is 0 Å². The van der Waals surface area contributed by atoms with E-state index in [2.05, 4.69) is 39.7 Å². The molecule has 2 aromatic rings. The summed E-state index contributed by atoms with van der Waals surface area (Å²) in [7, 11) is 2.11. The van der Waals surface area contributed by atoms with Crippen LogP contribution in [-0.4, -0.2) is 42.1 Å². The van der Waals surface area contributed by atoms with Gasteiger partial charge in [0.05, 0.1) is 12.1 Å². The molecule has 0 bridgehead atoms. The van der Waals surface area contributed by atoms with Gasteiger partial charge in [-0.25, -0.2) is 4.79 Å². The Morgan fingerprint density at radius 1 is 1.20 bits per heavy atom. The second kappa shape index (κ2) is 8.12. The highest BCUT2D eigenvalue weighted by Crippen LogP contribution is 2.30. The number of likely N-dealkylation sites (N-methyl/N-ethyl adjacent to an activating group) is 1. The van der Waals surface area contributed by atoms with Gasteiger partial charge >= 0.3 is 6.03 Å². The summed E-state index contributed by atoms with van der Waals surface area (Å²) in [6.07, 6.45) is 1.70. The maximum absolute atomic E-state index is 12.3. The number of amides is 2. The van der Waals surface area contributed by atoms with Gasteiger partial charge in [-0.2, -0.15) is 0 Å². The predicted molar refractivity (Wildman–Crippen MR) is 99.4 cm³/mol. The molecule has 1 aromatic carbocycles. The molecule has 1 saturated heterocycles. The van der Waals surface area contributed by atoms with Crippen molar-refractivity contribution in [2.75, 3.05) is 20.1 Å². The van der Waals surface area contributed by atoms with Gasteiger partial charge in [-0.05, 0) is 38.1 Å². The molecule has 2 N–H and O–H groups in total. The van der Waals surface area contributed by atoms with Crippen molar-refractivity contribution in [2.45, 2.75) is 31.8 Å². The first-order valence-corrected chi connectivity index (χ1v) is 8.85. The Bertz CT molecular complexity index is 704. The molecule has 25 heavy (non-hydrogen) atoms. The zero-order valence-electron chi connectivity index (χ0n) is 14.9. The summed E-state index contributed by atoms with van der Waals surface area (Å²) in [6, 6.07) is 16.6. The third kappa shape index (κ3) is 4.57. The van der Waals surface area contributed by atoms with Crippen LogP contribution in [0, 0.1) is 6.92 Å². The molecule has 1 fully saturated rings. The molecule has 0 radical (unpaired) electrons. The Labute approximate surface area is 149 Å². The van der Waals surface area contributed by atoms with Crippen LogP contribution < -0.4 is 10.6 Å². The molecule has 2 unspecified atom stereocenters. The van der Waals surface area contributed by atoms with Crippen LogP contribution in [0.3, 0.4) is 0 Å². The van der Waals surface area contributed by atoms with Crippen molar-refractivity contribution in [2.24, 2.45) is 0 Å². The highest BCUT2D eigenvalue weighted by Gasteiger charge is 2.33. The van der Waals surface area contributed by atoms with Gasteiger partial charge in [-0.3, -0.25) is 9.88 Å². The smallest absolute Gasteiger partial charge is 0.315 e. The minimum absolute atomic E-state index is 0.103. The average Bonchev–Trinajstić information content (AvgIpc) is 2.96. The second-order valence-corrected chi connectivity index (χ2v) is 6.65. The van der Waals surface area contributed by atoms with Crippen molar-refractivity contribution in [3.63, 3.8) is 0 Å². The first-order valence-electron chi connectivity index (χ1n) is 8.85. The fourth-order valence-electron chi connectivity index (χ4n) is 3.50. The van der Waals surface area contributed by atoms with E-state index in [1.54, 1.807) is 0 Å². The lowest BCUT2D eigenvalue weighted by Crippen LogP contribution is -2.45. The van der Waals surface area contributed by atoms with E-state index in [1.165, 1.54) is 5.56 Å². The van der Waals surface area contributed by atoms with E-state index < -0.39 is 0 Å². The summed E-state index contributed by atoms with van der Waals surface area (Å²) >= 11 is 0. The molecule has 2 atom stereocenters. The Kier molecular flexibility index (Phi) is 5.66. The van der Waals surface area contributed by atoms with E-state index in [9.17, 15) is 4.79 Å². The Hall–Kier alpha value is -2.40. The molecule has 5 nitrogen and oxygen atoms in total. The molecule has 0 saturated carbocycles. The molecule has 1 aromatic heterocycles. The zero-order valence-corrected chi connectivity index (χ0v) is 14.9. The van der Waals surface area contributed by atoms with E-state index in [1.807, 2.05) is 43.3 Å². The molecule has 3 rings (SSSR count). The van der Waals surface area contributed by atoms with Crippen LogP contribution >= 0.6 is 0 Å². The number of nitrogens with one attached hydrogen (secondary N) is 2. The van der Waals surface area contributed by atoms with Gasteiger partial charge in [0.2, 0.25) is 0 Å². The molecule has 2 amide bonds. The maximum atomic E-state index is 12.3. The standard InChI is InChI=1S/C20H26N4O/c1-15-7-6-10-17(22-15)11-13-21-20(25)23-18-12-14-24(2)19(18)16-8-4-3-5-9-16/h3-10,18-19H,11-14H2,1-2H3,(H2,21,23,25). The van der Waals surface area contributed by atoms with E-state index in [0.29, 0.717) is 6.54 Å². The van der Waals surface area contributed by atoms with Crippen LogP contribution in [0.5, 0.6) is 0 Å². The molecule has 0 spiro atoms. The van der Waals surface area contributed by atoms with Crippen LogP contribution in [0.1, 0.15) is 29.4 Å². The number of benzene rings is 1. The maximum Gasteiger partial charge on any atom is 0.315 e. The highest BCUT2D eigenvalue weighted by molar-refractivity contribution is 5.74. The number of aromatic nitrogens is 1. The molecule has 1 aliphatic heterocycles. The Morgan fingerprint density at radius 2 is 2.00 bits per heavy atom. The minimum Gasteiger partial charge on any atom is -0.338 e. The fraction of sp³-hybridized carbons (Fsp3) is 0.400. The molecule has 0 aliphatic carbocycles. The summed E-state index contributed by atoms with van der Waals surface area (Å²) in [4.78, 5) is 19.0. The quantitative estimate of drug-likeness (QED) is 0.881. The number of pyridine rings is 1. The van der Waals surface area contributed by atoms with Gasteiger partial charge in [0.1, 0.15) is 0 Å². The summed E-state index contributed by atoms with van der Waals surface area (Å²) in [6.45, 7) is 3.54. The van der Waals surface area contributed by atoms with Gasteiger partial charge in [0.15, 0.2) is 0 Å². The lowest BCUT2D eigenvalue weighted by Gasteiger charge is -2.26. The van der Waals surface area contributed by atoms with E-state index in [0.717, 1.165) is 30.8 Å². The average molecular weight is 338 g/mol. The summed E-state index contributed by atoms with van der Waals surface area (Å²) < 4.78 is 0. The van der Waals surface area contributed by atoms with Gasteiger partial charge in [-0.1, -0.05) is 36.4 Å². The molecule has 132 valence electrons. The molecule has 1 aliphatic rings. The summed E-state index contributed by atoms with van der Waals surface area (Å²) in [5.41, 5.74) is 3.25. The monoisotopic (exact) mass is 338 g/mol. The summed E-state index contributed by atoms with van der Waals surface area (Å²) in [5.74, 6) is 0. The fourth-order valence-corrected chi connectivity index (χ4v) is 3.50. The number of rotatable bonds is 5. The normalized spacial score (nSPS) is 20.4. The molecule has 5 heteroatoms. The molecular weight excluding hydrogens is 312 g/mol. The summed E-state index contributed by atoms with van der Waals surface area (Å²) in [5, 5.41) is 6.10. The first-order chi connectivity index (χ1) is 12.1. The van der Waals surface area contributed by atoms with E-state index in [4.69, 9.17) is 0 Å². The minimum atomic E-state index is -0.103. The van der Waals surface area contributed by atoms with Crippen molar-refractivity contribution in [3.8, 4) is 0 Å². The number of carbonyl (C=O) groups is 1. The number of nitrogens with zero attached hydrogens (tertiary/aromatic N) is 2. The van der Waals surface area contributed by atoms with Crippen LogP contribution in [0.2, 0.25) is 0 Å². The third-order valence-electron chi connectivity index (χ3n) is 4.72. The molecular formula is C20H26N4O. The van der Waals surface area contributed by atoms with E-state index >= 15 is 0 Å². The number of hydrogen-bond donors (Lipinski definition) is 2. The zero-order chi connectivity index (χ0) is 17.6. The van der Waals surface area contributed by atoms with Crippen LogP contribution in [-0.2, 0) is 6.42 Å². The van der Waals surface area contributed by atoms with Gasteiger partial charge in [0.25, 0.3) is 0 Å². The van der Waals surface area contributed by atoms with Crippen LogP contribution in [0.15, 0.2) is 48.5 Å². The number of urea groups is 1. The predicted octanol–water partition coefficient (Wildman–Crippen LogP) is 2.68. The van der Waals surface area contributed by atoms with Crippen LogP contribution in [0.25, 0.3) is 0 Å². The Balaban J connectivity index is 1.51. The first kappa shape index (κ1) is 17.4. The van der Waals surface area contributed by atoms with Gasteiger partial charge < -0.3 is 10.6 Å². The number of aryl methyl sites for hydroxylation is 1. The Morgan fingerprint density at radius 3 is 2.76 bits per heavy atom. The van der Waals surface area contributed by atoms with Gasteiger partial charge in [-0.15, -0.1) is 0 Å². The topological polar surface area (TPSA) is 57.3 Å². The van der Waals surface area contributed by atoms with Crippen molar-refractivity contribution >= 4 is 6.03 Å². The van der Waals surface area contributed by atoms with Crippen molar-refractivity contribution in [1.82, 2.24) is 20.5 Å².